The lowest BCUT2D eigenvalue weighted by Crippen LogP contribution is -2.75. The summed E-state index contributed by atoms with van der Waals surface area (Å²) >= 11 is 0. The van der Waals surface area contributed by atoms with Crippen molar-refractivity contribution in [1.29, 1.82) is 0 Å². The second-order valence-electron chi connectivity index (χ2n) is 12.4. The molecule has 4 unspecified atom stereocenters. The molecule has 2 aromatic carbocycles. The fourth-order valence-electron chi connectivity index (χ4n) is 7.55. The van der Waals surface area contributed by atoms with Crippen molar-refractivity contribution in [2.75, 3.05) is 20.7 Å². The number of phenols is 1. The fourth-order valence-corrected chi connectivity index (χ4v) is 7.55. The molecule has 0 aromatic heterocycles. The predicted octanol–water partition coefficient (Wildman–Crippen LogP) is 0.903. The van der Waals surface area contributed by atoms with E-state index in [-0.39, 0.29) is 36.3 Å². The van der Waals surface area contributed by atoms with Gasteiger partial charge in [-0.15, -0.1) is 0 Å². The molecule has 2 amide bonds. The first-order valence-electron chi connectivity index (χ1n) is 14.9. The van der Waals surface area contributed by atoms with Crippen LogP contribution in [-0.2, 0) is 32.1 Å². The average Bonchev–Trinajstić information content (AvgIpc) is 2.97. The van der Waals surface area contributed by atoms with Crippen LogP contribution in [0.25, 0.3) is 11.1 Å². The summed E-state index contributed by atoms with van der Waals surface area (Å²) in [7, 11) is 3.08. The molecule has 0 heterocycles. The Morgan fingerprint density at radius 2 is 1.81 bits per heavy atom. The number of ketones is 3. The number of amides is 2. The van der Waals surface area contributed by atoms with Crippen LogP contribution < -0.4 is 15.8 Å². The maximum Gasteiger partial charge on any atom is 0.471 e. The average molecular weight is 662 g/mol. The second-order valence-corrected chi connectivity index (χ2v) is 12.4. The molecule has 252 valence electrons. The number of alkyl halides is 3. The zero-order valence-electron chi connectivity index (χ0n) is 25.6. The van der Waals surface area contributed by atoms with E-state index in [0.29, 0.717) is 16.7 Å². The molecule has 0 bridgehead atoms. The minimum atomic E-state index is -5.11. The number of nitrogens with two attached hydrogens (primary N) is 1. The highest BCUT2D eigenvalue weighted by Gasteiger charge is 2.69. The highest BCUT2D eigenvalue weighted by Crippen LogP contribution is 2.52. The summed E-state index contributed by atoms with van der Waals surface area (Å²) < 4.78 is 44.1. The first-order chi connectivity index (χ1) is 21.9. The summed E-state index contributed by atoms with van der Waals surface area (Å²) in [5, 5.41) is 35.5. The summed E-state index contributed by atoms with van der Waals surface area (Å²) in [4.78, 5) is 66.8. The third-order valence-corrected chi connectivity index (χ3v) is 9.54. The minimum Gasteiger partial charge on any atom is -0.507 e. The lowest BCUT2D eigenvalue weighted by Gasteiger charge is -2.54. The van der Waals surface area contributed by atoms with E-state index in [1.807, 2.05) is 5.32 Å². The van der Waals surface area contributed by atoms with Crippen LogP contribution in [0.3, 0.4) is 0 Å². The molecule has 5 rings (SSSR count). The van der Waals surface area contributed by atoms with Gasteiger partial charge in [-0.2, -0.15) is 13.2 Å². The van der Waals surface area contributed by atoms with Gasteiger partial charge < -0.3 is 36.0 Å². The molecule has 3 aliphatic rings. The predicted molar refractivity (Wildman–Crippen MR) is 157 cm³/mol. The fraction of sp³-hybridized carbons (Fsp3) is 0.469. The Morgan fingerprint density at radius 3 is 2.40 bits per heavy atom. The van der Waals surface area contributed by atoms with Crippen molar-refractivity contribution in [3.8, 4) is 22.6 Å². The molecule has 3 aliphatic carbocycles. The number of nitrogens with one attached hydrogen (secondary N) is 1. The molecule has 2 aromatic rings. The zero-order chi connectivity index (χ0) is 34.7. The first-order valence-corrected chi connectivity index (χ1v) is 14.9. The van der Waals surface area contributed by atoms with Gasteiger partial charge >= 0.3 is 12.1 Å². The third kappa shape index (κ3) is 5.45. The van der Waals surface area contributed by atoms with E-state index in [2.05, 4.69) is 0 Å². The van der Waals surface area contributed by atoms with Crippen LogP contribution in [0.15, 0.2) is 30.3 Å². The molecule has 15 heteroatoms. The van der Waals surface area contributed by atoms with Gasteiger partial charge in [0.25, 0.3) is 0 Å². The number of Topliss-reactive ketones (excluding diaryl/α,β-unsaturated/α-hetero) is 3. The minimum absolute atomic E-state index is 0.00479. The van der Waals surface area contributed by atoms with E-state index < -0.39 is 89.1 Å². The van der Waals surface area contributed by atoms with Gasteiger partial charge in [0.15, 0.2) is 23.0 Å². The van der Waals surface area contributed by atoms with E-state index in [1.54, 1.807) is 13.0 Å². The van der Waals surface area contributed by atoms with E-state index in [1.165, 1.54) is 43.3 Å². The van der Waals surface area contributed by atoms with Crippen molar-refractivity contribution in [2.45, 2.75) is 50.2 Å². The van der Waals surface area contributed by atoms with Gasteiger partial charge in [0.05, 0.1) is 24.2 Å². The molecule has 7 atom stereocenters. The quantitative estimate of drug-likeness (QED) is 0.266. The summed E-state index contributed by atoms with van der Waals surface area (Å²) in [5.74, 6) is -12.4. The van der Waals surface area contributed by atoms with Gasteiger partial charge in [0, 0.05) is 24.1 Å². The molecule has 6 N–H and O–H groups in total. The maximum absolute atomic E-state index is 14.0. The number of carbonyl (C=O) groups is 5. The number of aliphatic hydroxyl groups excluding tert-OH is 1. The van der Waals surface area contributed by atoms with Crippen LogP contribution in [0.4, 0.5) is 13.2 Å². The Kier molecular flexibility index (Phi) is 8.71. The molecular weight excluding hydrogens is 627 g/mol. The number of rotatable bonds is 7. The summed E-state index contributed by atoms with van der Waals surface area (Å²) in [6.45, 7) is 1.32. The summed E-state index contributed by atoms with van der Waals surface area (Å²) in [6, 6.07) is 6.22. The standard InChI is InChI=1S/C32H34F3N3O9/c1-4-47-20-8-5-13(9-15(20)12-37-30(45)32(33,34)35)16-6-7-19(39)22-17(16)10-14-11-18-24(38(2)3)26(41)23(29(36)44)28(43)31(18,46)27(42)21(14)25(22)40/h5-9,14,18,21,23-24,26,39,41,46H,4,10-12H2,1-3H3,(H2,36,44)(H,37,45)/t14-,18-,21?,23?,24?,26?,31-/m1/s1. The summed E-state index contributed by atoms with van der Waals surface area (Å²) in [5.41, 5.74) is 3.71. The summed E-state index contributed by atoms with van der Waals surface area (Å²) in [6.07, 6.45) is -6.84. The van der Waals surface area contributed by atoms with Crippen LogP contribution in [0, 0.1) is 23.7 Å². The Balaban J connectivity index is 1.59. The first kappa shape index (κ1) is 34.0. The second kappa shape index (κ2) is 12.0. The van der Waals surface area contributed by atoms with Gasteiger partial charge in [-0.3, -0.25) is 24.0 Å². The molecule has 47 heavy (non-hydrogen) atoms. The Morgan fingerprint density at radius 1 is 1.13 bits per heavy atom. The maximum atomic E-state index is 14.0. The third-order valence-electron chi connectivity index (χ3n) is 9.54. The van der Waals surface area contributed by atoms with Crippen molar-refractivity contribution in [1.82, 2.24) is 10.2 Å². The number of primary amides is 1. The number of halogens is 3. The number of carbonyl (C=O) groups excluding carboxylic acids is 5. The van der Waals surface area contributed by atoms with Crippen molar-refractivity contribution in [3.63, 3.8) is 0 Å². The molecule has 0 radical (unpaired) electrons. The van der Waals surface area contributed by atoms with Gasteiger partial charge in [-0.05, 0) is 74.7 Å². The highest BCUT2D eigenvalue weighted by atomic mass is 19.4. The van der Waals surface area contributed by atoms with Crippen molar-refractivity contribution in [3.05, 3.63) is 47.0 Å². The van der Waals surface area contributed by atoms with Gasteiger partial charge in [-0.1, -0.05) is 12.1 Å². The van der Waals surface area contributed by atoms with Crippen LogP contribution in [0.2, 0.25) is 0 Å². The lowest BCUT2D eigenvalue weighted by atomic mass is 9.52. The number of aliphatic hydroxyl groups is 2. The number of hydrogen-bond donors (Lipinski definition) is 5. The van der Waals surface area contributed by atoms with E-state index in [9.17, 15) is 52.5 Å². The molecular formula is C32H34F3N3O9. The van der Waals surface area contributed by atoms with Gasteiger partial charge in [-0.25, -0.2) is 0 Å². The number of ether oxygens (including phenoxy) is 1. The van der Waals surface area contributed by atoms with E-state index in [4.69, 9.17) is 10.5 Å². The van der Waals surface area contributed by atoms with Crippen molar-refractivity contribution >= 4 is 29.2 Å². The molecule has 0 saturated heterocycles. The van der Waals surface area contributed by atoms with Crippen LogP contribution in [-0.4, -0.2) is 94.0 Å². The normalized spacial score (nSPS) is 28.7. The monoisotopic (exact) mass is 661 g/mol. The largest absolute Gasteiger partial charge is 0.507 e. The van der Waals surface area contributed by atoms with Gasteiger partial charge in [0.1, 0.15) is 17.4 Å². The molecule has 2 fully saturated rings. The van der Waals surface area contributed by atoms with E-state index >= 15 is 0 Å². The smallest absolute Gasteiger partial charge is 0.471 e. The number of nitrogens with zero attached hydrogens (tertiary/aromatic N) is 1. The topological polar surface area (TPSA) is 197 Å². The number of aromatic hydroxyl groups is 1. The molecule has 0 aliphatic heterocycles. The van der Waals surface area contributed by atoms with Crippen LogP contribution in [0.5, 0.6) is 11.5 Å². The Hall–Kier alpha value is -4.34. The number of hydrogen-bond acceptors (Lipinski definition) is 10. The Bertz CT molecular complexity index is 1680. The number of benzene rings is 2. The van der Waals surface area contributed by atoms with Crippen LogP contribution in [0.1, 0.15) is 34.8 Å². The number of phenolic OH excluding ortho intramolecular Hbond substituents is 1. The SMILES string of the molecule is CCOc1ccc(-c2ccc(O)c3c2C[C@@H]2C[C@@H]4C(N(C)C)C(O)C(C(N)=O)C(=O)[C@]4(O)C(=O)C2C3=O)cc1CNC(=O)C(F)(F)F. The van der Waals surface area contributed by atoms with Crippen molar-refractivity contribution in [2.24, 2.45) is 29.4 Å². The number of fused-ring (bicyclic) bond motifs is 3. The van der Waals surface area contributed by atoms with Crippen LogP contribution >= 0.6 is 0 Å². The van der Waals surface area contributed by atoms with Gasteiger partial charge in [0.2, 0.25) is 5.91 Å². The molecule has 2 saturated carbocycles. The van der Waals surface area contributed by atoms with E-state index in [0.717, 1.165) is 0 Å². The molecule has 0 spiro atoms. The number of likely N-dealkylation sites (N-methyl/N-ethyl adjacent to an activating group) is 1. The zero-order valence-corrected chi connectivity index (χ0v) is 25.6. The molecule has 12 nitrogen and oxygen atoms in total. The van der Waals surface area contributed by atoms with Crippen molar-refractivity contribution < 1.29 is 57.2 Å². The highest BCUT2D eigenvalue weighted by molar-refractivity contribution is 6.25. The Labute approximate surface area is 266 Å². The lowest BCUT2D eigenvalue weighted by molar-refractivity contribution is -0.190.